The second-order valence-corrected chi connectivity index (χ2v) is 10.3. The van der Waals surface area contributed by atoms with Crippen LogP contribution in [-0.4, -0.2) is 68.1 Å². The van der Waals surface area contributed by atoms with Crippen molar-refractivity contribution in [3.63, 3.8) is 0 Å². The minimum absolute atomic E-state index is 0.232. The fraction of sp³-hybridized carbons (Fsp3) is 0.355. The van der Waals surface area contributed by atoms with Gasteiger partial charge in [-0.3, -0.25) is 4.79 Å². The molecular weight excluding hydrogens is 530 g/mol. The van der Waals surface area contributed by atoms with Crippen molar-refractivity contribution in [2.75, 3.05) is 45.2 Å². The number of benzene rings is 3. The Bertz CT molecular complexity index is 1390. The average molecular weight is 565 g/mol. The van der Waals surface area contributed by atoms with Gasteiger partial charge in [0.25, 0.3) is 5.91 Å². The van der Waals surface area contributed by atoms with Crippen molar-refractivity contribution in [1.29, 1.82) is 5.41 Å². The molecule has 0 spiro atoms. The summed E-state index contributed by atoms with van der Waals surface area (Å²) in [7, 11) is 1.75. The topological polar surface area (TPSA) is 107 Å². The average Bonchev–Trinajstić information content (AvgIpc) is 3.53. The number of alkyl halides is 2. The van der Waals surface area contributed by atoms with Crippen LogP contribution in [0.25, 0.3) is 11.1 Å². The van der Waals surface area contributed by atoms with Gasteiger partial charge in [-0.25, -0.2) is 0 Å². The molecular formula is C31H34F2N4O4. The van der Waals surface area contributed by atoms with Gasteiger partial charge in [0.2, 0.25) is 0 Å². The van der Waals surface area contributed by atoms with E-state index in [0.29, 0.717) is 41.4 Å². The first-order valence-electron chi connectivity index (χ1n) is 13.7. The van der Waals surface area contributed by atoms with Crippen LogP contribution in [-0.2, 0) is 10.7 Å². The van der Waals surface area contributed by atoms with Gasteiger partial charge < -0.3 is 35.5 Å². The molecule has 1 fully saturated rings. The largest absolute Gasteiger partial charge is 0.486 e. The lowest BCUT2D eigenvalue weighted by Gasteiger charge is -2.30. The van der Waals surface area contributed by atoms with Crippen LogP contribution in [0.2, 0.25) is 0 Å². The summed E-state index contributed by atoms with van der Waals surface area (Å²) in [6.07, 6.45) is 1.95. The van der Waals surface area contributed by atoms with E-state index in [0.717, 1.165) is 37.2 Å². The summed E-state index contributed by atoms with van der Waals surface area (Å²) in [6.45, 7) is 2.57. The second-order valence-electron chi connectivity index (χ2n) is 10.3. The number of carbonyl (C=O) groups excluding carboxylic acids is 1. The molecule has 0 unspecified atom stereocenters. The van der Waals surface area contributed by atoms with E-state index in [-0.39, 0.29) is 6.54 Å². The first-order chi connectivity index (χ1) is 19.8. The quantitative estimate of drug-likeness (QED) is 0.269. The Kier molecular flexibility index (Phi) is 8.51. The summed E-state index contributed by atoms with van der Waals surface area (Å²) in [5.74, 6) is -4.28. The van der Waals surface area contributed by atoms with E-state index >= 15 is 8.78 Å². The molecule has 41 heavy (non-hydrogen) atoms. The molecule has 8 nitrogen and oxygen atoms in total. The number of hydrogen-bond donors (Lipinski definition) is 4. The zero-order valence-corrected chi connectivity index (χ0v) is 22.8. The third kappa shape index (κ3) is 6.18. The number of nitrogens with zero attached hydrogens (tertiary/aromatic N) is 1. The SMILES string of the molecule is CNc1cc(-c2ccc(C(F)(F)C(=O)N[C@H](CN3CCCC3)[C@H](O)c3ccc4c(c3)OCCO4)cc2)ccc1C=N. The molecule has 10 heteroatoms. The molecule has 3 aromatic carbocycles. The normalized spacial score (nSPS) is 16.6. The van der Waals surface area contributed by atoms with Crippen LogP contribution in [0.4, 0.5) is 14.5 Å². The van der Waals surface area contributed by atoms with Crippen molar-refractivity contribution in [3.05, 3.63) is 77.4 Å². The molecule has 4 N–H and O–H groups in total. The molecule has 2 atom stereocenters. The molecule has 5 rings (SSSR count). The minimum Gasteiger partial charge on any atom is -0.486 e. The Labute approximate surface area is 237 Å². The van der Waals surface area contributed by atoms with Gasteiger partial charge in [0.05, 0.1) is 6.04 Å². The van der Waals surface area contributed by atoms with E-state index in [1.165, 1.54) is 18.3 Å². The Morgan fingerprint density at radius 3 is 2.39 bits per heavy atom. The lowest BCUT2D eigenvalue weighted by molar-refractivity contribution is -0.149. The zero-order chi connectivity index (χ0) is 29.0. The standard InChI is InChI=1S/C31H34F2N4O4/c1-35-25-16-21(4-5-23(25)18-34)20-6-9-24(10-7-20)31(32,33)30(39)36-26(19-37-12-2-3-13-37)29(38)22-8-11-27-28(17-22)41-15-14-40-27/h4-11,16-18,26,29,34-35,38H,2-3,12-15,19H2,1H3,(H,36,39)/t26-,29-/m1/s1. The van der Waals surface area contributed by atoms with Crippen molar-refractivity contribution < 1.29 is 28.2 Å². The number of hydrogen-bond acceptors (Lipinski definition) is 7. The number of aliphatic hydroxyl groups excluding tert-OH is 1. The maximum Gasteiger partial charge on any atom is 0.349 e. The predicted octanol–water partition coefficient (Wildman–Crippen LogP) is 4.57. The van der Waals surface area contributed by atoms with Crippen LogP contribution in [0, 0.1) is 5.41 Å². The summed E-state index contributed by atoms with van der Waals surface area (Å²) >= 11 is 0. The van der Waals surface area contributed by atoms with Gasteiger partial charge in [-0.05, 0) is 60.8 Å². The van der Waals surface area contributed by atoms with Crippen LogP contribution >= 0.6 is 0 Å². The smallest absolute Gasteiger partial charge is 0.349 e. The van der Waals surface area contributed by atoms with Crippen molar-refractivity contribution in [3.8, 4) is 22.6 Å². The zero-order valence-electron chi connectivity index (χ0n) is 22.8. The van der Waals surface area contributed by atoms with Gasteiger partial charge in [0.15, 0.2) is 11.5 Å². The molecule has 2 aliphatic heterocycles. The fourth-order valence-electron chi connectivity index (χ4n) is 5.28. The lowest BCUT2D eigenvalue weighted by atomic mass is 9.98. The molecule has 0 aromatic heterocycles. The van der Waals surface area contributed by atoms with Crippen LogP contribution in [0.3, 0.4) is 0 Å². The number of likely N-dealkylation sites (tertiary alicyclic amines) is 1. The number of anilines is 1. The van der Waals surface area contributed by atoms with Crippen molar-refractivity contribution in [2.24, 2.45) is 0 Å². The highest BCUT2D eigenvalue weighted by Gasteiger charge is 2.43. The number of amides is 1. The summed E-state index contributed by atoms with van der Waals surface area (Å²) in [4.78, 5) is 15.1. The van der Waals surface area contributed by atoms with Gasteiger partial charge in [0.1, 0.15) is 19.3 Å². The highest BCUT2D eigenvalue weighted by molar-refractivity contribution is 5.88. The van der Waals surface area contributed by atoms with Gasteiger partial charge >= 0.3 is 5.92 Å². The van der Waals surface area contributed by atoms with Crippen LogP contribution in [0.1, 0.15) is 35.6 Å². The number of carbonyl (C=O) groups is 1. The Morgan fingerprint density at radius 2 is 1.71 bits per heavy atom. The third-order valence-corrected chi connectivity index (χ3v) is 7.60. The van der Waals surface area contributed by atoms with Crippen molar-refractivity contribution in [1.82, 2.24) is 10.2 Å². The number of fused-ring (bicyclic) bond motifs is 1. The minimum atomic E-state index is -3.82. The highest BCUT2D eigenvalue weighted by atomic mass is 19.3. The maximum absolute atomic E-state index is 15.5. The number of nitrogens with one attached hydrogen (secondary N) is 3. The Morgan fingerprint density at radius 1 is 1.02 bits per heavy atom. The van der Waals surface area contributed by atoms with Crippen LogP contribution in [0.5, 0.6) is 11.5 Å². The van der Waals surface area contributed by atoms with E-state index in [9.17, 15) is 9.90 Å². The van der Waals surface area contributed by atoms with Crippen LogP contribution < -0.4 is 20.1 Å². The van der Waals surface area contributed by atoms with E-state index in [1.54, 1.807) is 43.4 Å². The molecule has 0 saturated carbocycles. The van der Waals surface area contributed by atoms with Crippen molar-refractivity contribution >= 4 is 17.8 Å². The maximum atomic E-state index is 15.5. The molecule has 2 aliphatic rings. The molecule has 1 amide bonds. The molecule has 3 aromatic rings. The van der Waals surface area contributed by atoms with Gasteiger partial charge in [0, 0.05) is 36.6 Å². The lowest BCUT2D eigenvalue weighted by Crippen LogP contribution is -2.50. The summed E-state index contributed by atoms with van der Waals surface area (Å²) < 4.78 is 42.1. The fourth-order valence-corrected chi connectivity index (χ4v) is 5.28. The van der Waals surface area contributed by atoms with E-state index in [4.69, 9.17) is 14.9 Å². The second kappa shape index (κ2) is 12.2. The molecule has 0 aliphatic carbocycles. The van der Waals surface area contributed by atoms with Gasteiger partial charge in [-0.2, -0.15) is 8.78 Å². The highest BCUT2D eigenvalue weighted by Crippen LogP contribution is 2.35. The van der Waals surface area contributed by atoms with Gasteiger partial charge in [-0.1, -0.05) is 42.5 Å². The van der Waals surface area contributed by atoms with Crippen LogP contribution in [0.15, 0.2) is 60.7 Å². The van der Waals surface area contributed by atoms with E-state index < -0.39 is 29.5 Å². The molecule has 1 saturated heterocycles. The van der Waals surface area contributed by atoms with Crippen molar-refractivity contribution in [2.45, 2.75) is 30.9 Å². The van der Waals surface area contributed by atoms with Gasteiger partial charge in [-0.15, -0.1) is 0 Å². The summed E-state index contributed by atoms with van der Waals surface area (Å²) in [5, 5.41) is 24.3. The first kappa shape index (κ1) is 28.5. The number of halogens is 2. The predicted molar refractivity (Wildman–Crippen MR) is 153 cm³/mol. The molecule has 216 valence electrons. The third-order valence-electron chi connectivity index (χ3n) is 7.60. The first-order valence-corrected chi connectivity index (χ1v) is 13.7. The number of ether oxygens (including phenoxy) is 2. The van der Waals surface area contributed by atoms with E-state index in [2.05, 4.69) is 15.5 Å². The molecule has 2 heterocycles. The molecule has 0 radical (unpaired) electrons. The number of rotatable bonds is 10. The molecule has 0 bridgehead atoms. The summed E-state index contributed by atoms with van der Waals surface area (Å²) in [6, 6.07) is 15.0. The summed E-state index contributed by atoms with van der Waals surface area (Å²) in [5.41, 5.74) is 2.93. The monoisotopic (exact) mass is 564 g/mol. The number of aliphatic hydroxyl groups is 1. The van der Waals surface area contributed by atoms with E-state index in [1.807, 2.05) is 12.1 Å². The Balaban J connectivity index is 1.35. The Hall–Kier alpha value is -4.02.